The van der Waals surface area contributed by atoms with Crippen LogP contribution in [0.3, 0.4) is 0 Å². The summed E-state index contributed by atoms with van der Waals surface area (Å²) in [5.41, 5.74) is 1.42. The van der Waals surface area contributed by atoms with Crippen LogP contribution in [-0.4, -0.2) is 25.1 Å². The van der Waals surface area contributed by atoms with Crippen molar-refractivity contribution in [3.8, 4) is 22.8 Å². The number of anilines is 1. The number of nitrogens with one attached hydrogen (secondary N) is 1. The van der Waals surface area contributed by atoms with Crippen molar-refractivity contribution >= 4 is 22.4 Å². The Hall–Kier alpha value is -2.93. The first-order valence-corrected chi connectivity index (χ1v) is 8.24. The minimum Gasteiger partial charge on any atom is -0.497 e. The quantitative estimate of drug-likeness (QED) is 0.742. The molecular formula is C18H15FN2O3S. The van der Waals surface area contributed by atoms with E-state index < -0.39 is 11.7 Å². The Morgan fingerprint density at radius 2 is 1.96 bits per heavy atom. The standard InChI is InChI=1S/C18H15FN2O3S/c1-23-11-7-8-12(14(19)9-11)17(22)21-18-20-15(10-25-18)13-5-3-4-6-16(13)24-2/h3-10H,1-2H3,(H,20,21,22). The first-order valence-electron chi connectivity index (χ1n) is 7.36. The van der Waals surface area contributed by atoms with Crippen molar-refractivity contribution in [2.24, 2.45) is 0 Å². The Morgan fingerprint density at radius 3 is 2.68 bits per heavy atom. The van der Waals surface area contributed by atoms with Gasteiger partial charge in [0, 0.05) is 17.0 Å². The fourth-order valence-electron chi connectivity index (χ4n) is 2.28. The molecule has 0 saturated heterocycles. The lowest BCUT2D eigenvalue weighted by atomic mass is 10.1. The lowest BCUT2D eigenvalue weighted by molar-refractivity contribution is 0.102. The van der Waals surface area contributed by atoms with Crippen LogP contribution in [0.15, 0.2) is 47.8 Å². The summed E-state index contributed by atoms with van der Waals surface area (Å²) >= 11 is 1.25. The second-order valence-electron chi connectivity index (χ2n) is 5.04. The first-order chi connectivity index (χ1) is 12.1. The van der Waals surface area contributed by atoms with E-state index in [1.807, 2.05) is 24.3 Å². The smallest absolute Gasteiger partial charge is 0.260 e. The number of methoxy groups -OCH3 is 2. The van der Waals surface area contributed by atoms with Crippen LogP contribution in [0.2, 0.25) is 0 Å². The van der Waals surface area contributed by atoms with Crippen LogP contribution in [0.1, 0.15) is 10.4 Å². The highest BCUT2D eigenvalue weighted by atomic mass is 32.1. The zero-order chi connectivity index (χ0) is 17.8. The molecule has 0 aliphatic heterocycles. The largest absolute Gasteiger partial charge is 0.497 e. The number of thiazole rings is 1. The number of halogens is 1. The second-order valence-corrected chi connectivity index (χ2v) is 5.90. The van der Waals surface area contributed by atoms with Gasteiger partial charge in [-0.15, -0.1) is 11.3 Å². The van der Waals surface area contributed by atoms with E-state index in [1.165, 1.54) is 30.6 Å². The van der Waals surface area contributed by atoms with E-state index in [-0.39, 0.29) is 5.56 Å². The zero-order valence-corrected chi connectivity index (χ0v) is 14.4. The van der Waals surface area contributed by atoms with Crippen molar-refractivity contribution in [1.82, 2.24) is 4.98 Å². The summed E-state index contributed by atoms with van der Waals surface area (Å²) in [6, 6.07) is 11.5. The van der Waals surface area contributed by atoms with Gasteiger partial charge in [0.1, 0.15) is 17.3 Å². The van der Waals surface area contributed by atoms with Gasteiger partial charge >= 0.3 is 0 Å². The predicted octanol–water partition coefficient (Wildman–Crippen LogP) is 4.22. The lowest BCUT2D eigenvalue weighted by Gasteiger charge is -2.06. The fraction of sp³-hybridized carbons (Fsp3) is 0.111. The Kier molecular flexibility index (Phi) is 4.95. The van der Waals surface area contributed by atoms with Crippen LogP contribution < -0.4 is 14.8 Å². The van der Waals surface area contributed by atoms with Gasteiger partial charge in [-0.1, -0.05) is 12.1 Å². The third kappa shape index (κ3) is 3.61. The van der Waals surface area contributed by atoms with E-state index >= 15 is 0 Å². The molecule has 128 valence electrons. The molecule has 1 aromatic heterocycles. The molecule has 1 N–H and O–H groups in total. The summed E-state index contributed by atoms with van der Waals surface area (Å²) in [7, 11) is 3.02. The topological polar surface area (TPSA) is 60.5 Å². The number of nitrogens with zero attached hydrogens (tertiary/aromatic N) is 1. The van der Waals surface area contributed by atoms with Gasteiger partial charge in [0.05, 0.1) is 25.5 Å². The number of hydrogen-bond donors (Lipinski definition) is 1. The number of ether oxygens (including phenoxy) is 2. The predicted molar refractivity (Wildman–Crippen MR) is 95.0 cm³/mol. The molecule has 0 saturated carbocycles. The molecule has 0 aliphatic rings. The Morgan fingerprint density at radius 1 is 1.16 bits per heavy atom. The van der Waals surface area contributed by atoms with Crippen LogP contribution in [0, 0.1) is 5.82 Å². The summed E-state index contributed by atoms with van der Waals surface area (Å²) < 4.78 is 24.2. The van der Waals surface area contributed by atoms with Crippen LogP contribution >= 0.6 is 11.3 Å². The van der Waals surface area contributed by atoms with Gasteiger partial charge in [-0.05, 0) is 24.3 Å². The monoisotopic (exact) mass is 358 g/mol. The van der Waals surface area contributed by atoms with E-state index in [2.05, 4.69) is 10.3 Å². The van der Waals surface area contributed by atoms with E-state index in [1.54, 1.807) is 12.5 Å². The zero-order valence-electron chi connectivity index (χ0n) is 13.6. The molecule has 3 aromatic rings. The van der Waals surface area contributed by atoms with Crippen molar-refractivity contribution in [3.63, 3.8) is 0 Å². The highest BCUT2D eigenvalue weighted by Crippen LogP contribution is 2.32. The van der Waals surface area contributed by atoms with E-state index in [9.17, 15) is 9.18 Å². The summed E-state index contributed by atoms with van der Waals surface area (Å²) in [6.45, 7) is 0. The molecule has 3 rings (SSSR count). The van der Waals surface area contributed by atoms with Crippen molar-refractivity contribution in [1.29, 1.82) is 0 Å². The lowest BCUT2D eigenvalue weighted by Crippen LogP contribution is -2.13. The van der Waals surface area contributed by atoms with Crippen molar-refractivity contribution in [3.05, 3.63) is 59.2 Å². The average Bonchev–Trinajstić information content (AvgIpc) is 3.09. The summed E-state index contributed by atoms with van der Waals surface area (Å²) in [5, 5.41) is 4.79. The minimum atomic E-state index is -0.654. The molecular weight excluding hydrogens is 343 g/mol. The molecule has 5 nitrogen and oxygen atoms in total. The number of hydrogen-bond acceptors (Lipinski definition) is 5. The maximum absolute atomic E-state index is 14.0. The van der Waals surface area contributed by atoms with Gasteiger partial charge in [0.2, 0.25) is 0 Å². The normalized spacial score (nSPS) is 10.4. The number of aromatic nitrogens is 1. The Bertz CT molecular complexity index is 911. The molecule has 0 aliphatic carbocycles. The highest BCUT2D eigenvalue weighted by Gasteiger charge is 2.15. The maximum Gasteiger partial charge on any atom is 0.260 e. The number of amides is 1. The van der Waals surface area contributed by atoms with Gasteiger partial charge < -0.3 is 9.47 Å². The minimum absolute atomic E-state index is 0.0742. The van der Waals surface area contributed by atoms with E-state index in [0.717, 1.165) is 11.6 Å². The second kappa shape index (κ2) is 7.31. The van der Waals surface area contributed by atoms with Crippen LogP contribution in [-0.2, 0) is 0 Å². The van der Waals surface area contributed by atoms with Gasteiger partial charge in [-0.3, -0.25) is 10.1 Å². The summed E-state index contributed by atoms with van der Waals surface area (Å²) in [6.07, 6.45) is 0. The molecule has 25 heavy (non-hydrogen) atoms. The molecule has 0 unspecified atom stereocenters. The third-order valence-electron chi connectivity index (χ3n) is 3.53. The summed E-state index contributed by atoms with van der Waals surface area (Å²) in [5.74, 6) is -0.187. The molecule has 0 bridgehead atoms. The molecule has 1 heterocycles. The number of carbonyl (C=O) groups is 1. The van der Waals surface area contributed by atoms with Gasteiger partial charge in [-0.25, -0.2) is 9.37 Å². The van der Waals surface area contributed by atoms with E-state index in [4.69, 9.17) is 9.47 Å². The summed E-state index contributed by atoms with van der Waals surface area (Å²) in [4.78, 5) is 16.6. The number of benzene rings is 2. The molecule has 0 spiro atoms. The molecule has 0 radical (unpaired) electrons. The molecule has 7 heteroatoms. The molecule has 2 aromatic carbocycles. The highest BCUT2D eigenvalue weighted by molar-refractivity contribution is 7.14. The van der Waals surface area contributed by atoms with Gasteiger partial charge in [0.15, 0.2) is 5.13 Å². The SMILES string of the molecule is COc1ccc(C(=O)Nc2nc(-c3ccccc3OC)cs2)c(F)c1. The number of para-hydroxylation sites is 1. The van der Waals surface area contributed by atoms with Crippen molar-refractivity contribution in [2.45, 2.75) is 0 Å². The van der Waals surface area contributed by atoms with Crippen molar-refractivity contribution < 1.29 is 18.7 Å². The number of carbonyl (C=O) groups excluding carboxylic acids is 1. The molecule has 0 atom stereocenters. The van der Waals surface area contributed by atoms with Crippen LogP contribution in [0.4, 0.5) is 9.52 Å². The maximum atomic E-state index is 14.0. The third-order valence-corrected chi connectivity index (χ3v) is 4.29. The first kappa shape index (κ1) is 16.9. The van der Waals surface area contributed by atoms with Gasteiger partial charge in [-0.2, -0.15) is 0 Å². The Balaban J connectivity index is 1.80. The van der Waals surface area contributed by atoms with Gasteiger partial charge in [0.25, 0.3) is 5.91 Å². The Labute approximate surface area is 148 Å². The molecule has 1 amide bonds. The fourth-order valence-corrected chi connectivity index (χ4v) is 2.99. The number of rotatable bonds is 5. The van der Waals surface area contributed by atoms with Crippen LogP contribution in [0.5, 0.6) is 11.5 Å². The van der Waals surface area contributed by atoms with Crippen molar-refractivity contribution in [2.75, 3.05) is 19.5 Å². The van der Waals surface area contributed by atoms with Crippen LogP contribution in [0.25, 0.3) is 11.3 Å². The van der Waals surface area contributed by atoms with E-state index in [0.29, 0.717) is 22.3 Å². The molecule has 0 fully saturated rings. The average molecular weight is 358 g/mol.